The van der Waals surface area contributed by atoms with E-state index in [1.807, 2.05) is 6.92 Å². The number of carbonyl (C=O) groups is 1. The van der Waals surface area contributed by atoms with E-state index in [0.29, 0.717) is 19.0 Å². The van der Waals surface area contributed by atoms with Gasteiger partial charge >= 0.3 is 5.97 Å². The molecule has 5 heteroatoms. The van der Waals surface area contributed by atoms with Crippen molar-refractivity contribution in [3.63, 3.8) is 0 Å². The highest BCUT2D eigenvalue weighted by molar-refractivity contribution is 5.73. The van der Waals surface area contributed by atoms with Crippen molar-refractivity contribution in [1.82, 2.24) is 15.1 Å². The number of rotatable bonds is 9. The first kappa shape index (κ1) is 16.4. The van der Waals surface area contributed by atoms with Crippen LogP contribution in [0.25, 0.3) is 0 Å². The second kappa shape index (κ2) is 8.51. The van der Waals surface area contributed by atoms with E-state index < -0.39 is 12.0 Å². The molecule has 1 aliphatic heterocycles. The molecule has 0 saturated carbocycles. The Balaban J connectivity index is 2.30. The summed E-state index contributed by atoms with van der Waals surface area (Å²) in [5.41, 5.74) is 0. The zero-order valence-electron chi connectivity index (χ0n) is 12.6. The van der Waals surface area contributed by atoms with Crippen molar-refractivity contribution in [1.29, 1.82) is 0 Å². The molecule has 1 heterocycles. The molecule has 0 aromatic carbocycles. The van der Waals surface area contributed by atoms with Gasteiger partial charge in [0.2, 0.25) is 0 Å². The van der Waals surface area contributed by atoms with E-state index in [2.05, 4.69) is 29.1 Å². The molecule has 1 saturated heterocycles. The summed E-state index contributed by atoms with van der Waals surface area (Å²) in [6.07, 6.45) is 3.23. The van der Waals surface area contributed by atoms with Crippen molar-refractivity contribution in [2.75, 3.05) is 39.8 Å². The number of hydrogen-bond acceptors (Lipinski definition) is 4. The van der Waals surface area contributed by atoms with Crippen LogP contribution in [0.15, 0.2) is 0 Å². The van der Waals surface area contributed by atoms with Crippen molar-refractivity contribution in [2.45, 2.75) is 45.2 Å². The van der Waals surface area contributed by atoms with E-state index in [0.717, 1.165) is 19.6 Å². The van der Waals surface area contributed by atoms with Crippen LogP contribution in [0.2, 0.25) is 0 Å². The number of carboxylic acid groups (broad SMARTS) is 1. The van der Waals surface area contributed by atoms with E-state index in [1.165, 1.54) is 19.4 Å². The molecule has 2 unspecified atom stereocenters. The van der Waals surface area contributed by atoms with Gasteiger partial charge in [0.05, 0.1) is 0 Å². The molecule has 0 aromatic rings. The molecule has 19 heavy (non-hydrogen) atoms. The van der Waals surface area contributed by atoms with Gasteiger partial charge in [-0.05, 0) is 52.5 Å². The highest BCUT2D eigenvalue weighted by atomic mass is 16.4. The third kappa shape index (κ3) is 5.47. The van der Waals surface area contributed by atoms with Gasteiger partial charge in [-0.1, -0.05) is 13.8 Å². The van der Waals surface area contributed by atoms with Crippen molar-refractivity contribution >= 4 is 5.97 Å². The third-order valence-corrected chi connectivity index (χ3v) is 3.98. The molecule has 0 bridgehead atoms. The van der Waals surface area contributed by atoms with Gasteiger partial charge in [0, 0.05) is 12.6 Å². The normalized spacial score (nSPS) is 22.0. The molecule has 0 aliphatic carbocycles. The number of aliphatic carboxylic acids is 1. The van der Waals surface area contributed by atoms with E-state index in [9.17, 15) is 4.79 Å². The van der Waals surface area contributed by atoms with Crippen LogP contribution >= 0.6 is 0 Å². The molecular formula is C14H29N3O2. The second-order valence-electron chi connectivity index (χ2n) is 5.42. The van der Waals surface area contributed by atoms with Gasteiger partial charge in [0.1, 0.15) is 6.04 Å². The Morgan fingerprint density at radius 1 is 1.53 bits per heavy atom. The number of likely N-dealkylation sites (tertiary alicyclic amines) is 1. The van der Waals surface area contributed by atoms with Gasteiger partial charge < -0.3 is 15.3 Å². The highest BCUT2D eigenvalue weighted by Gasteiger charge is 2.24. The second-order valence-corrected chi connectivity index (χ2v) is 5.42. The van der Waals surface area contributed by atoms with Gasteiger partial charge in [-0.3, -0.25) is 9.69 Å². The molecule has 1 rings (SSSR count). The number of nitrogens with zero attached hydrogens (tertiary/aromatic N) is 2. The lowest BCUT2D eigenvalue weighted by molar-refractivity contribution is -0.139. The van der Waals surface area contributed by atoms with Crippen molar-refractivity contribution < 1.29 is 9.90 Å². The van der Waals surface area contributed by atoms with Gasteiger partial charge in [-0.2, -0.15) is 0 Å². The van der Waals surface area contributed by atoms with Crippen LogP contribution in [0.1, 0.15) is 33.1 Å². The monoisotopic (exact) mass is 271 g/mol. The predicted octanol–water partition coefficient (Wildman–Crippen LogP) is 0.855. The molecule has 0 radical (unpaired) electrons. The minimum atomic E-state index is -0.744. The van der Waals surface area contributed by atoms with Gasteiger partial charge in [0.15, 0.2) is 0 Å². The van der Waals surface area contributed by atoms with Crippen LogP contribution in [-0.2, 0) is 4.79 Å². The zero-order valence-corrected chi connectivity index (χ0v) is 12.6. The summed E-state index contributed by atoms with van der Waals surface area (Å²) in [7, 11) is 2.09. The summed E-state index contributed by atoms with van der Waals surface area (Å²) in [6.45, 7) is 9.07. The van der Waals surface area contributed by atoms with Crippen LogP contribution in [0.3, 0.4) is 0 Å². The summed E-state index contributed by atoms with van der Waals surface area (Å²) in [4.78, 5) is 15.8. The first-order valence-corrected chi connectivity index (χ1v) is 7.47. The SMILES string of the molecule is CCNC(CCN(C)CC1CCCN1CC)C(=O)O. The molecule has 1 aliphatic rings. The van der Waals surface area contributed by atoms with Crippen molar-refractivity contribution in [2.24, 2.45) is 0 Å². The van der Waals surface area contributed by atoms with Crippen LogP contribution in [0, 0.1) is 0 Å². The lowest BCUT2D eigenvalue weighted by Crippen LogP contribution is -2.42. The van der Waals surface area contributed by atoms with Gasteiger partial charge in [-0.15, -0.1) is 0 Å². The lowest BCUT2D eigenvalue weighted by Gasteiger charge is -2.28. The molecule has 2 atom stereocenters. The molecule has 2 N–H and O–H groups in total. The molecule has 112 valence electrons. The topological polar surface area (TPSA) is 55.8 Å². The maximum atomic E-state index is 11.1. The Kier molecular flexibility index (Phi) is 7.34. The van der Waals surface area contributed by atoms with Crippen LogP contribution < -0.4 is 5.32 Å². The van der Waals surface area contributed by atoms with Crippen LogP contribution in [0.4, 0.5) is 0 Å². The number of carboxylic acids is 1. The zero-order chi connectivity index (χ0) is 14.3. The molecule has 0 aromatic heterocycles. The summed E-state index contributed by atoms with van der Waals surface area (Å²) in [6, 6.07) is 0.232. The Labute approximate surface area is 117 Å². The van der Waals surface area contributed by atoms with Crippen LogP contribution in [0.5, 0.6) is 0 Å². The van der Waals surface area contributed by atoms with E-state index in [4.69, 9.17) is 5.11 Å². The maximum Gasteiger partial charge on any atom is 0.320 e. The largest absolute Gasteiger partial charge is 0.480 e. The Hall–Kier alpha value is -0.650. The van der Waals surface area contributed by atoms with Crippen molar-refractivity contribution in [3.05, 3.63) is 0 Å². The highest BCUT2D eigenvalue weighted by Crippen LogP contribution is 2.17. The summed E-state index contributed by atoms with van der Waals surface area (Å²) < 4.78 is 0. The first-order valence-electron chi connectivity index (χ1n) is 7.47. The molecular weight excluding hydrogens is 242 g/mol. The molecule has 0 amide bonds. The number of hydrogen-bond donors (Lipinski definition) is 2. The average molecular weight is 271 g/mol. The standard InChI is InChI=1S/C14H29N3O2/c1-4-15-13(14(18)19)8-10-16(3)11-12-7-6-9-17(12)5-2/h12-13,15H,4-11H2,1-3H3,(H,18,19). The molecule has 1 fully saturated rings. The minimum Gasteiger partial charge on any atom is -0.480 e. The molecule has 0 spiro atoms. The molecule has 5 nitrogen and oxygen atoms in total. The van der Waals surface area contributed by atoms with E-state index >= 15 is 0 Å². The van der Waals surface area contributed by atoms with Crippen LogP contribution in [-0.4, -0.2) is 72.7 Å². The van der Waals surface area contributed by atoms with Gasteiger partial charge in [0.25, 0.3) is 0 Å². The maximum absolute atomic E-state index is 11.1. The minimum absolute atomic E-state index is 0.418. The van der Waals surface area contributed by atoms with Crippen molar-refractivity contribution in [3.8, 4) is 0 Å². The first-order chi connectivity index (χ1) is 9.08. The predicted molar refractivity (Wildman–Crippen MR) is 77.5 cm³/mol. The third-order valence-electron chi connectivity index (χ3n) is 3.98. The quantitative estimate of drug-likeness (QED) is 0.651. The summed E-state index contributed by atoms with van der Waals surface area (Å²) in [5, 5.41) is 12.1. The Bertz CT molecular complexity index is 273. The average Bonchev–Trinajstić information content (AvgIpc) is 2.81. The fourth-order valence-electron chi connectivity index (χ4n) is 2.88. The van der Waals surface area contributed by atoms with E-state index in [1.54, 1.807) is 0 Å². The van der Waals surface area contributed by atoms with Gasteiger partial charge in [-0.25, -0.2) is 0 Å². The summed E-state index contributed by atoms with van der Waals surface area (Å²) in [5.74, 6) is -0.744. The number of nitrogens with one attached hydrogen (secondary N) is 1. The van der Waals surface area contributed by atoms with E-state index in [-0.39, 0.29) is 0 Å². The smallest absolute Gasteiger partial charge is 0.320 e. The fraction of sp³-hybridized carbons (Fsp3) is 0.929. The Morgan fingerprint density at radius 2 is 2.26 bits per heavy atom. The lowest BCUT2D eigenvalue weighted by atomic mass is 10.1. The fourth-order valence-corrected chi connectivity index (χ4v) is 2.88. The Morgan fingerprint density at radius 3 is 2.84 bits per heavy atom. The summed E-state index contributed by atoms with van der Waals surface area (Å²) >= 11 is 0. The number of likely N-dealkylation sites (N-methyl/N-ethyl adjacent to an activating group) is 3.